The molecule has 0 bridgehead atoms. The SMILES string of the molecule is Oc1ccc(Br)cc1-c1cc(-c2ccccc2Cl)cc(NCCN2CCOCC2)n1. The molecule has 0 amide bonds. The van der Waals surface area contributed by atoms with E-state index < -0.39 is 0 Å². The summed E-state index contributed by atoms with van der Waals surface area (Å²) in [6, 6.07) is 17.0. The number of phenols is 1. The number of nitrogens with zero attached hydrogens (tertiary/aromatic N) is 2. The van der Waals surface area contributed by atoms with E-state index in [1.54, 1.807) is 12.1 Å². The Morgan fingerprint density at radius 1 is 1.07 bits per heavy atom. The van der Waals surface area contributed by atoms with Gasteiger partial charge in [0.1, 0.15) is 11.6 Å². The molecule has 1 fully saturated rings. The Kier molecular flexibility index (Phi) is 6.89. The Bertz CT molecular complexity index is 1030. The zero-order valence-electron chi connectivity index (χ0n) is 16.4. The Morgan fingerprint density at radius 2 is 1.87 bits per heavy atom. The van der Waals surface area contributed by atoms with Crippen molar-refractivity contribution in [2.24, 2.45) is 0 Å². The van der Waals surface area contributed by atoms with Gasteiger partial charge in [0.2, 0.25) is 0 Å². The molecule has 0 radical (unpaired) electrons. The van der Waals surface area contributed by atoms with Crippen LogP contribution in [0.1, 0.15) is 0 Å². The van der Waals surface area contributed by atoms with Gasteiger partial charge in [0.05, 0.1) is 18.9 Å². The van der Waals surface area contributed by atoms with Crippen LogP contribution in [0.4, 0.5) is 5.82 Å². The van der Waals surface area contributed by atoms with E-state index in [2.05, 4.69) is 26.1 Å². The summed E-state index contributed by atoms with van der Waals surface area (Å²) in [7, 11) is 0. The Labute approximate surface area is 189 Å². The summed E-state index contributed by atoms with van der Waals surface area (Å²) in [5, 5.41) is 14.5. The fraction of sp³-hybridized carbons (Fsp3) is 0.261. The predicted molar refractivity (Wildman–Crippen MR) is 125 cm³/mol. The highest BCUT2D eigenvalue weighted by molar-refractivity contribution is 9.10. The first-order valence-corrected chi connectivity index (χ1v) is 11.1. The van der Waals surface area contributed by atoms with Gasteiger partial charge in [-0.15, -0.1) is 0 Å². The van der Waals surface area contributed by atoms with E-state index in [1.807, 2.05) is 42.5 Å². The molecule has 2 aromatic carbocycles. The predicted octanol–water partition coefficient (Wildman–Crippen LogP) is 5.28. The molecule has 5 nitrogen and oxygen atoms in total. The molecule has 4 rings (SSSR count). The fourth-order valence-corrected chi connectivity index (χ4v) is 4.10. The van der Waals surface area contributed by atoms with E-state index >= 15 is 0 Å². The van der Waals surface area contributed by atoms with Crippen LogP contribution in [0.15, 0.2) is 59.1 Å². The number of ether oxygens (including phenoxy) is 1. The standard InChI is InChI=1S/C23H23BrClN3O2/c24-17-5-6-22(29)19(15-17)21-13-16(18-3-1-2-4-20(18)25)14-23(27-21)26-7-8-28-9-11-30-12-10-28/h1-6,13-15,29H,7-12H2,(H,26,27). The monoisotopic (exact) mass is 487 g/mol. The maximum absolute atomic E-state index is 10.4. The van der Waals surface area contributed by atoms with Gasteiger partial charge in [-0.05, 0) is 42.0 Å². The van der Waals surface area contributed by atoms with Crippen molar-refractivity contribution in [1.82, 2.24) is 9.88 Å². The van der Waals surface area contributed by atoms with Crippen LogP contribution in [-0.4, -0.2) is 54.4 Å². The smallest absolute Gasteiger partial charge is 0.127 e. The van der Waals surface area contributed by atoms with Crippen LogP contribution >= 0.6 is 27.5 Å². The van der Waals surface area contributed by atoms with Crippen molar-refractivity contribution in [2.45, 2.75) is 0 Å². The molecule has 0 saturated carbocycles. The highest BCUT2D eigenvalue weighted by Crippen LogP contribution is 2.36. The molecule has 7 heteroatoms. The van der Waals surface area contributed by atoms with Gasteiger partial charge in [-0.1, -0.05) is 45.7 Å². The van der Waals surface area contributed by atoms with Gasteiger partial charge in [-0.3, -0.25) is 4.90 Å². The molecule has 0 unspecified atom stereocenters. The van der Waals surface area contributed by atoms with Crippen LogP contribution < -0.4 is 5.32 Å². The lowest BCUT2D eigenvalue weighted by Crippen LogP contribution is -2.39. The van der Waals surface area contributed by atoms with E-state index in [0.29, 0.717) is 16.3 Å². The number of aromatic hydroxyl groups is 1. The fourth-order valence-electron chi connectivity index (χ4n) is 3.49. The number of rotatable bonds is 6. The Balaban J connectivity index is 1.65. The van der Waals surface area contributed by atoms with E-state index in [0.717, 1.165) is 60.8 Å². The van der Waals surface area contributed by atoms with Crippen molar-refractivity contribution in [2.75, 3.05) is 44.7 Å². The number of hydrogen-bond donors (Lipinski definition) is 2. The van der Waals surface area contributed by atoms with Crippen molar-refractivity contribution in [1.29, 1.82) is 0 Å². The van der Waals surface area contributed by atoms with Crippen molar-refractivity contribution >= 4 is 33.3 Å². The van der Waals surface area contributed by atoms with Crippen LogP contribution in [0.25, 0.3) is 22.4 Å². The van der Waals surface area contributed by atoms with Crippen LogP contribution in [0.3, 0.4) is 0 Å². The summed E-state index contributed by atoms with van der Waals surface area (Å²) < 4.78 is 6.29. The Hall–Kier alpha value is -2.12. The summed E-state index contributed by atoms with van der Waals surface area (Å²) in [4.78, 5) is 7.14. The lowest BCUT2D eigenvalue weighted by atomic mass is 10.0. The number of pyridine rings is 1. The molecule has 2 heterocycles. The molecule has 2 N–H and O–H groups in total. The number of aromatic nitrogens is 1. The molecule has 0 atom stereocenters. The van der Waals surface area contributed by atoms with Gasteiger partial charge in [-0.2, -0.15) is 0 Å². The van der Waals surface area contributed by atoms with Gasteiger partial charge in [0.15, 0.2) is 0 Å². The zero-order valence-corrected chi connectivity index (χ0v) is 18.8. The first-order chi connectivity index (χ1) is 14.6. The largest absolute Gasteiger partial charge is 0.507 e. The number of hydrogen-bond acceptors (Lipinski definition) is 5. The normalized spacial score (nSPS) is 14.6. The van der Waals surface area contributed by atoms with E-state index in [-0.39, 0.29) is 5.75 Å². The summed E-state index contributed by atoms with van der Waals surface area (Å²) in [6.07, 6.45) is 0. The molecule has 1 aliphatic rings. The molecule has 3 aromatic rings. The second-order valence-electron chi connectivity index (χ2n) is 7.15. The molecule has 1 saturated heterocycles. The van der Waals surface area contributed by atoms with Crippen LogP contribution in [-0.2, 0) is 4.74 Å². The van der Waals surface area contributed by atoms with Gasteiger partial charge >= 0.3 is 0 Å². The number of halogens is 2. The van der Waals surface area contributed by atoms with Gasteiger partial charge in [-0.25, -0.2) is 4.98 Å². The van der Waals surface area contributed by atoms with Gasteiger partial charge < -0.3 is 15.2 Å². The number of nitrogens with one attached hydrogen (secondary N) is 1. The minimum atomic E-state index is 0.182. The molecular formula is C23H23BrClN3O2. The highest BCUT2D eigenvalue weighted by Gasteiger charge is 2.13. The van der Waals surface area contributed by atoms with Crippen molar-refractivity contribution in [3.8, 4) is 28.1 Å². The third-order valence-corrected chi connectivity index (χ3v) is 5.91. The van der Waals surface area contributed by atoms with E-state index in [9.17, 15) is 5.11 Å². The topological polar surface area (TPSA) is 57.6 Å². The second-order valence-corrected chi connectivity index (χ2v) is 8.47. The minimum absolute atomic E-state index is 0.182. The van der Waals surface area contributed by atoms with Crippen molar-refractivity contribution in [3.63, 3.8) is 0 Å². The average molecular weight is 489 g/mol. The molecule has 156 valence electrons. The Morgan fingerprint density at radius 3 is 2.67 bits per heavy atom. The molecular weight excluding hydrogens is 466 g/mol. The highest BCUT2D eigenvalue weighted by atomic mass is 79.9. The molecule has 0 spiro atoms. The minimum Gasteiger partial charge on any atom is -0.507 e. The number of morpholine rings is 1. The molecule has 1 aromatic heterocycles. The summed E-state index contributed by atoms with van der Waals surface area (Å²) in [6.45, 7) is 5.15. The first-order valence-electron chi connectivity index (χ1n) is 9.90. The quantitative estimate of drug-likeness (QED) is 0.494. The lowest BCUT2D eigenvalue weighted by Gasteiger charge is -2.26. The number of benzene rings is 2. The maximum Gasteiger partial charge on any atom is 0.127 e. The summed E-state index contributed by atoms with van der Waals surface area (Å²) >= 11 is 9.94. The zero-order chi connectivity index (χ0) is 20.9. The maximum atomic E-state index is 10.4. The second kappa shape index (κ2) is 9.79. The van der Waals surface area contributed by atoms with E-state index in [4.69, 9.17) is 21.3 Å². The lowest BCUT2D eigenvalue weighted by molar-refractivity contribution is 0.0398. The molecule has 0 aliphatic carbocycles. The van der Waals surface area contributed by atoms with Gasteiger partial charge in [0.25, 0.3) is 0 Å². The van der Waals surface area contributed by atoms with Crippen molar-refractivity contribution in [3.05, 3.63) is 64.1 Å². The molecule has 30 heavy (non-hydrogen) atoms. The first kappa shape index (κ1) is 21.1. The van der Waals surface area contributed by atoms with Crippen molar-refractivity contribution < 1.29 is 9.84 Å². The summed E-state index contributed by atoms with van der Waals surface area (Å²) in [5.74, 6) is 0.927. The number of anilines is 1. The van der Waals surface area contributed by atoms with Crippen LogP contribution in [0.5, 0.6) is 5.75 Å². The summed E-state index contributed by atoms with van der Waals surface area (Å²) in [5.41, 5.74) is 3.21. The molecule has 1 aliphatic heterocycles. The van der Waals surface area contributed by atoms with E-state index in [1.165, 1.54) is 0 Å². The number of phenolic OH excluding ortho intramolecular Hbond substituents is 1. The average Bonchev–Trinajstić information content (AvgIpc) is 2.76. The van der Waals surface area contributed by atoms with Crippen LogP contribution in [0, 0.1) is 0 Å². The third kappa shape index (κ3) is 5.13. The van der Waals surface area contributed by atoms with Crippen LogP contribution in [0.2, 0.25) is 5.02 Å². The third-order valence-electron chi connectivity index (χ3n) is 5.08. The van der Waals surface area contributed by atoms with Gasteiger partial charge in [0, 0.05) is 46.8 Å².